The van der Waals surface area contributed by atoms with Gasteiger partial charge >= 0.3 is 0 Å². The molecule has 1 fully saturated rings. The molecule has 6 heteroatoms. The van der Waals surface area contributed by atoms with E-state index in [1.165, 1.54) is 16.7 Å². The van der Waals surface area contributed by atoms with Gasteiger partial charge in [0.1, 0.15) is 17.8 Å². The number of carbonyl (C=O) groups excluding carboxylic acids is 1. The lowest BCUT2D eigenvalue weighted by Gasteiger charge is -2.15. The fourth-order valence-corrected chi connectivity index (χ4v) is 3.48. The van der Waals surface area contributed by atoms with Crippen molar-refractivity contribution < 1.29 is 4.79 Å². The average Bonchev–Trinajstić information content (AvgIpc) is 3.27. The number of rotatable bonds is 6. The Labute approximate surface area is 152 Å². The third-order valence-electron chi connectivity index (χ3n) is 4.96. The molecule has 0 aliphatic carbocycles. The van der Waals surface area contributed by atoms with E-state index in [2.05, 4.69) is 51.5 Å². The summed E-state index contributed by atoms with van der Waals surface area (Å²) in [6.45, 7) is 4.41. The van der Waals surface area contributed by atoms with E-state index >= 15 is 0 Å². The fourth-order valence-electron chi connectivity index (χ4n) is 3.48. The third kappa shape index (κ3) is 3.27. The molecule has 1 aliphatic rings. The Kier molecular flexibility index (Phi) is 4.56. The molecule has 1 aromatic carbocycles. The molecule has 26 heavy (non-hydrogen) atoms. The van der Waals surface area contributed by atoms with Crippen molar-refractivity contribution in [1.82, 2.24) is 19.9 Å². The number of fused-ring (bicyclic) bond motifs is 1. The molecule has 2 N–H and O–H groups in total. The molecule has 0 bridgehead atoms. The second-order valence-electron chi connectivity index (χ2n) is 6.70. The predicted molar refractivity (Wildman–Crippen MR) is 102 cm³/mol. The van der Waals surface area contributed by atoms with E-state index in [0.29, 0.717) is 19.5 Å². The summed E-state index contributed by atoms with van der Waals surface area (Å²) in [7, 11) is 0. The van der Waals surface area contributed by atoms with Gasteiger partial charge in [-0.1, -0.05) is 31.2 Å². The van der Waals surface area contributed by atoms with Gasteiger partial charge in [-0.05, 0) is 29.5 Å². The van der Waals surface area contributed by atoms with Crippen LogP contribution in [0.15, 0.2) is 36.8 Å². The SMILES string of the molecule is CCc1c[nH]c2ncnc(NCc3ccc(CN4CCCC4=O)cc3)c12. The number of H-pyrrole nitrogens is 1. The monoisotopic (exact) mass is 349 g/mol. The van der Waals surface area contributed by atoms with Gasteiger partial charge in [0.15, 0.2) is 0 Å². The summed E-state index contributed by atoms with van der Waals surface area (Å²) >= 11 is 0. The number of nitrogens with zero attached hydrogens (tertiary/aromatic N) is 3. The molecule has 6 nitrogen and oxygen atoms in total. The summed E-state index contributed by atoms with van der Waals surface area (Å²) in [5.41, 5.74) is 4.44. The molecule has 4 rings (SSSR count). The van der Waals surface area contributed by atoms with Crippen LogP contribution in [0.3, 0.4) is 0 Å². The number of aryl methyl sites for hydroxylation is 1. The zero-order valence-corrected chi connectivity index (χ0v) is 15.0. The third-order valence-corrected chi connectivity index (χ3v) is 4.96. The van der Waals surface area contributed by atoms with Crippen molar-refractivity contribution >= 4 is 22.8 Å². The Morgan fingerprint density at radius 3 is 2.73 bits per heavy atom. The van der Waals surface area contributed by atoms with Crippen molar-refractivity contribution in [3.8, 4) is 0 Å². The maximum atomic E-state index is 11.7. The Morgan fingerprint density at radius 2 is 2.00 bits per heavy atom. The van der Waals surface area contributed by atoms with Gasteiger partial charge in [-0.15, -0.1) is 0 Å². The Morgan fingerprint density at radius 1 is 1.19 bits per heavy atom. The minimum Gasteiger partial charge on any atom is -0.365 e. The summed E-state index contributed by atoms with van der Waals surface area (Å²) in [5.74, 6) is 1.13. The smallest absolute Gasteiger partial charge is 0.222 e. The largest absolute Gasteiger partial charge is 0.365 e. The number of nitrogens with one attached hydrogen (secondary N) is 2. The van der Waals surface area contributed by atoms with E-state index < -0.39 is 0 Å². The van der Waals surface area contributed by atoms with Crippen LogP contribution in [-0.2, 0) is 24.3 Å². The lowest BCUT2D eigenvalue weighted by Crippen LogP contribution is -2.23. The molecule has 1 amide bonds. The first-order valence-electron chi connectivity index (χ1n) is 9.15. The first kappa shape index (κ1) is 16.6. The minimum atomic E-state index is 0.266. The highest BCUT2D eigenvalue weighted by molar-refractivity contribution is 5.90. The van der Waals surface area contributed by atoms with Gasteiger partial charge in [-0.2, -0.15) is 0 Å². The predicted octanol–water partition coefficient (Wildman–Crippen LogP) is 3.25. The highest BCUT2D eigenvalue weighted by atomic mass is 16.2. The number of aromatic nitrogens is 3. The van der Waals surface area contributed by atoms with E-state index in [1.807, 2.05) is 11.1 Å². The van der Waals surface area contributed by atoms with Crippen LogP contribution in [0.4, 0.5) is 5.82 Å². The van der Waals surface area contributed by atoms with Crippen molar-refractivity contribution in [3.05, 3.63) is 53.5 Å². The average molecular weight is 349 g/mol. The Hall–Kier alpha value is -2.89. The standard InChI is InChI=1S/C20H23N5O/c1-2-16-11-22-20-18(16)19(23-13-24-20)21-10-14-5-7-15(8-6-14)12-25-9-3-4-17(25)26/h5-8,11,13H,2-4,9-10,12H2,1H3,(H2,21,22,23,24). The topological polar surface area (TPSA) is 73.9 Å². The van der Waals surface area contributed by atoms with Crippen molar-refractivity contribution in [1.29, 1.82) is 0 Å². The first-order valence-corrected chi connectivity index (χ1v) is 9.15. The van der Waals surface area contributed by atoms with E-state index in [4.69, 9.17) is 0 Å². The van der Waals surface area contributed by atoms with Crippen LogP contribution >= 0.6 is 0 Å². The molecule has 2 aromatic heterocycles. The van der Waals surface area contributed by atoms with Crippen LogP contribution in [0.25, 0.3) is 11.0 Å². The van der Waals surface area contributed by atoms with Crippen molar-refractivity contribution in [2.75, 3.05) is 11.9 Å². The molecule has 0 radical (unpaired) electrons. The van der Waals surface area contributed by atoms with E-state index in [1.54, 1.807) is 6.33 Å². The van der Waals surface area contributed by atoms with E-state index in [-0.39, 0.29) is 5.91 Å². The van der Waals surface area contributed by atoms with Crippen molar-refractivity contribution in [2.45, 2.75) is 39.3 Å². The number of aromatic amines is 1. The van der Waals surface area contributed by atoms with Crippen LogP contribution in [0.2, 0.25) is 0 Å². The molecule has 3 heterocycles. The second-order valence-corrected chi connectivity index (χ2v) is 6.70. The van der Waals surface area contributed by atoms with E-state index in [0.717, 1.165) is 36.2 Å². The quantitative estimate of drug-likeness (QED) is 0.716. The molecule has 1 saturated heterocycles. The molecule has 0 saturated carbocycles. The molecule has 3 aromatic rings. The van der Waals surface area contributed by atoms with Crippen molar-refractivity contribution in [2.24, 2.45) is 0 Å². The van der Waals surface area contributed by atoms with Gasteiger partial charge in [-0.25, -0.2) is 9.97 Å². The maximum Gasteiger partial charge on any atom is 0.222 e. The van der Waals surface area contributed by atoms with Gasteiger partial charge in [0, 0.05) is 32.3 Å². The molecule has 134 valence electrons. The van der Waals surface area contributed by atoms with Gasteiger partial charge in [-0.3, -0.25) is 4.79 Å². The van der Waals surface area contributed by atoms with Crippen molar-refractivity contribution in [3.63, 3.8) is 0 Å². The highest BCUT2D eigenvalue weighted by Gasteiger charge is 2.19. The highest BCUT2D eigenvalue weighted by Crippen LogP contribution is 2.24. The zero-order valence-electron chi connectivity index (χ0n) is 15.0. The van der Waals surface area contributed by atoms with Gasteiger partial charge in [0.05, 0.1) is 5.39 Å². The van der Waals surface area contributed by atoms with Gasteiger partial charge < -0.3 is 15.2 Å². The van der Waals surface area contributed by atoms with Crippen LogP contribution in [0.1, 0.15) is 36.5 Å². The first-order chi connectivity index (χ1) is 12.7. The summed E-state index contributed by atoms with van der Waals surface area (Å²) < 4.78 is 0. The van der Waals surface area contributed by atoms with Crippen LogP contribution < -0.4 is 5.32 Å². The number of carbonyl (C=O) groups is 1. The normalized spacial score (nSPS) is 14.3. The number of hydrogen-bond acceptors (Lipinski definition) is 4. The molecular formula is C20H23N5O. The Bertz CT molecular complexity index is 916. The second kappa shape index (κ2) is 7.15. The molecule has 0 spiro atoms. The lowest BCUT2D eigenvalue weighted by molar-refractivity contribution is -0.128. The fraction of sp³-hybridized carbons (Fsp3) is 0.350. The van der Waals surface area contributed by atoms with Crippen LogP contribution in [0.5, 0.6) is 0 Å². The summed E-state index contributed by atoms with van der Waals surface area (Å²) in [5, 5.41) is 4.50. The lowest BCUT2D eigenvalue weighted by atomic mass is 10.1. The van der Waals surface area contributed by atoms with Crippen LogP contribution in [-0.4, -0.2) is 32.3 Å². The summed E-state index contributed by atoms with van der Waals surface area (Å²) in [4.78, 5) is 25.6. The number of likely N-dealkylation sites (tertiary alicyclic amines) is 1. The zero-order chi connectivity index (χ0) is 17.9. The molecule has 1 aliphatic heterocycles. The molecule has 0 unspecified atom stereocenters. The number of hydrogen-bond donors (Lipinski definition) is 2. The molecule has 0 atom stereocenters. The molecular weight excluding hydrogens is 326 g/mol. The van der Waals surface area contributed by atoms with Gasteiger partial charge in [0.2, 0.25) is 5.91 Å². The van der Waals surface area contributed by atoms with Gasteiger partial charge in [0.25, 0.3) is 0 Å². The van der Waals surface area contributed by atoms with E-state index in [9.17, 15) is 4.79 Å². The maximum absolute atomic E-state index is 11.7. The number of amides is 1. The Balaban J connectivity index is 1.44. The number of anilines is 1. The minimum absolute atomic E-state index is 0.266. The number of benzene rings is 1. The van der Waals surface area contributed by atoms with Crippen LogP contribution in [0, 0.1) is 0 Å². The summed E-state index contributed by atoms with van der Waals surface area (Å²) in [6.07, 6.45) is 6.18. The summed E-state index contributed by atoms with van der Waals surface area (Å²) in [6, 6.07) is 8.43.